The van der Waals surface area contributed by atoms with Crippen LogP contribution in [0.25, 0.3) is 0 Å². The number of hydrogen-bond acceptors (Lipinski definition) is 5. The molecule has 3 atom stereocenters. The van der Waals surface area contributed by atoms with Gasteiger partial charge in [0, 0.05) is 6.04 Å². The monoisotopic (exact) mass is 424 g/mol. The lowest BCUT2D eigenvalue weighted by molar-refractivity contribution is -0.135. The molecule has 1 aromatic carbocycles. The van der Waals surface area contributed by atoms with Crippen molar-refractivity contribution in [3.8, 4) is 5.75 Å². The molecule has 4 N–H and O–H groups in total. The van der Waals surface area contributed by atoms with E-state index in [9.17, 15) is 14.4 Å². The van der Waals surface area contributed by atoms with E-state index in [2.05, 4.69) is 10.6 Å². The van der Waals surface area contributed by atoms with Crippen molar-refractivity contribution in [2.75, 3.05) is 20.2 Å². The molecule has 0 aromatic heterocycles. The van der Waals surface area contributed by atoms with Crippen molar-refractivity contribution < 1.29 is 19.1 Å². The summed E-state index contributed by atoms with van der Waals surface area (Å²) in [5.41, 5.74) is 5.22. The maximum Gasteiger partial charge on any atom is 0.325 e. The van der Waals surface area contributed by atoms with E-state index >= 15 is 0 Å². The zero-order chi connectivity index (χ0) is 20.3. The molecule has 4 amide bonds. The Bertz CT molecular complexity index is 757. The summed E-state index contributed by atoms with van der Waals surface area (Å²) < 4.78 is 5.13. The van der Waals surface area contributed by atoms with E-state index in [0.29, 0.717) is 17.9 Å². The van der Waals surface area contributed by atoms with Gasteiger partial charge >= 0.3 is 6.03 Å². The minimum Gasteiger partial charge on any atom is -0.497 e. The number of hydrogen-bond donors (Lipinski definition) is 3. The summed E-state index contributed by atoms with van der Waals surface area (Å²) in [5.74, 6) is 0.109. The third-order valence-corrected chi connectivity index (χ3v) is 5.80. The van der Waals surface area contributed by atoms with E-state index in [-0.39, 0.29) is 36.8 Å². The molecule has 29 heavy (non-hydrogen) atoms. The first-order chi connectivity index (χ1) is 13.4. The number of methoxy groups -OCH3 is 1. The molecule has 9 heteroatoms. The molecule has 1 saturated carbocycles. The molecule has 2 aliphatic rings. The molecule has 1 aromatic rings. The molecule has 3 rings (SSSR count). The van der Waals surface area contributed by atoms with Crippen LogP contribution in [0.3, 0.4) is 0 Å². The number of amides is 4. The summed E-state index contributed by atoms with van der Waals surface area (Å²) >= 11 is 0. The smallest absolute Gasteiger partial charge is 0.325 e. The van der Waals surface area contributed by atoms with Crippen molar-refractivity contribution in [2.45, 2.75) is 44.2 Å². The molecule has 0 radical (unpaired) electrons. The zero-order valence-corrected chi connectivity index (χ0v) is 17.6. The number of carbonyl (C=O) groups is 3. The van der Waals surface area contributed by atoms with Crippen LogP contribution in [-0.2, 0) is 15.1 Å². The van der Waals surface area contributed by atoms with Gasteiger partial charge in [-0.25, -0.2) is 4.79 Å². The Morgan fingerprint density at radius 1 is 1.28 bits per heavy atom. The maximum absolute atomic E-state index is 13.0. The van der Waals surface area contributed by atoms with E-state index < -0.39 is 17.5 Å². The van der Waals surface area contributed by atoms with E-state index in [4.69, 9.17) is 10.5 Å². The summed E-state index contributed by atoms with van der Waals surface area (Å²) in [7, 11) is 1.56. The number of imide groups is 1. The van der Waals surface area contributed by atoms with Crippen molar-refractivity contribution in [2.24, 2.45) is 11.7 Å². The summed E-state index contributed by atoms with van der Waals surface area (Å²) in [6.45, 7) is 1.85. The van der Waals surface area contributed by atoms with Gasteiger partial charge in [0.25, 0.3) is 5.91 Å². The Morgan fingerprint density at radius 3 is 2.55 bits per heavy atom. The van der Waals surface area contributed by atoms with Crippen LogP contribution in [0.5, 0.6) is 5.75 Å². The first-order valence-corrected chi connectivity index (χ1v) is 9.67. The molecule has 160 valence electrons. The highest BCUT2D eigenvalue weighted by Gasteiger charge is 2.49. The normalized spacial score (nSPS) is 26.5. The van der Waals surface area contributed by atoms with E-state index in [1.807, 2.05) is 0 Å². The highest BCUT2D eigenvalue weighted by Crippen LogP contribution is 2.30. The van der Waals surface area contributed by atoms with Crippen LogP contribution >= 0.6 is 12.4 Å². The number of benzene rings is 1. The number of urea groups is 1. The van der Waals surface area contributed by atoms with E-state index in [1.165, 1.54) is 0 Å². The van der Waals surface area contributed by atoms with Crippen molar-refractivity contribution in [1.82, 2.24) is 15.5 Å². The summed E-state index contributed by atoms with van der Waals surface area (Å²) in [5, 5.41) is 5.67. The van der Waals surface area contributed by atoms with Crippen LogP contribution in [0.15, 0.2) is 24.3 Å². The lowest BCUT2D eigenvalue weighted by atomic mass is 9.84. The highest BCUT2D eigenvalue weighted by molar-refractivity contribution is 6.09. The van der Waals surface area contributed by atoms with Crippen molar-refractivity contribution in [3.05, 3.63) is 29.8 Å². The SMILES string of the molecule is COc1ccc(C2(C)NC(=O)N(CC(=O)NC3CCCCC3CN)C2=O)cc1.Cl. The Morgan fingerprint density at radius 2 is 1.93 bits per heavy atom. The van der Waals surface area contributed by atoms with Crippen LogP contribution in [0.2, 0.25) is 0 Å². The van der Waals surface area contributed by atoms with Crippen molar-refractivity contribution in [1.29, 1.82) is 0 Å². The van der Waals surface area contributed by atoms with Gasteiger partial charge in [0.05, 0.1) is 7.11 Å². The third-order valence-electron chi connectivity index (χ3n) is 5.80. The fraction of sp³-hybridized carbons (Fsp3) is 0.550. The minimum absolute atomic E-state index is 0. The van der Waals surface area contributed by atoms with E-state index in [0.717, 1.165) is 30.6 Å². The number of halogens is 1. The summed E-state index contributed by atoms with van der Waals surface area (Å²) in [6.07, 6.45) is 4.01. The molecule has 1 aliphatic carbocycles. The first kappa shape index (κ1) is 23.0. The van der Waals surface area contributed by atoms with Gasteiger partial charge in [-0.3, -0.25) is 14.5 Å². The van der Waals surface area contributed by atoms with Gasteiger partial charge in [-0.15, -0.1) is 12.4 Å². The average molecular weight is 425 g/mol. The molecule has 8 nitrogen and oxygen atoms in total. The topological polar surface area (TPSA) is 114 Å². The molecule has 3 unspecified atom stereocenters. The molecular weight excluding hydrogens is 396 g/mol. The predicted octanol–water partition coefficient (Wildman–Crippen LogP) is 1.52. The van der Waals surface area contributed by atoms with Crippen molar-refractivity contribution >= 4 is 30.3 Å². The molecule has 0 bridgehead atoms. The van der Waals surface area contributed by atoms with Gasteiger partial charge in [-0.2, -0.15) is 0 Å². The standard InChI is InChI=1S/C20H28N4O4.ClH/c1-20(14-7-9-15(28-2)10-8-14)18(26)24(19(27)23-20)12-17(25)22-16-6-4-3-5-13(16)11-21;/h7-10,13,16H,3-6,11-12,21H2,1-2H3,(H,22,25)(H,23,27);1H. The average Bonchev–Trinajstić information content (AvgIpc) is 2.92. The fourth-order valence-corrected chi connectivity index (χ4v) is 4.04. The molecule has 1 saturated heterocycles. The van der Waals surface area contributed by atoms with Gasteiger partial charge in [-0.05, 0) is 49.9 Å². The van der Waals surface area contributed by atoms with Crippen molar-refractivity contribution in [3.63, 3.8) is 0 Å². The number of carbonyl (C=O) groups excluding carboxylic acids is 3. The van der Waals surface area contributed by atoms with Gasteiger partial charge in [-0.1, -0.05) is 25.0 Å². The highest BCUT2D eigenvalue weighted by atomic mass is 35.5. The van der Waals surface area contributed by atoms with E-state index in [1.54, 1.807) is 38.3 Å². The van der Waals surface area contributed by atoms with Gasteiger partial charge in [0.2, 0.25) is 5.91 Å². The zero-order valence-electron chi connectivity index (χ0n) is 16.8. The largest absolute Gasteiger partial charge is 0.497 e. The summed E-state index contributed by atoms with van der Waals surface area (Å²) in [6, 6.07) is 6.34. The predicted molar refractivity (Wildman–Crippen MR) is 111 cm³/mol. The maximum atomic E-state index is 13.0. The number of nitrogens with zero attached hydrogens (tertiary/aromatic N) is 1. The number of nitrogens with one attached hydrogen (secondary N) is 2. The van der Waals surface area contributed by atoms with Gasteiger partial charge in [0.15, 0.2) is 0 Å². The third kappa shape index (κ3) is 4.64. The lowest BCUT2D eigenvalue weighted by Crippen LogP contribution is -2.49. The van der Waals surface area contributed by atoms with Crippen LogP contribution in [0.1, 0.15) is 38.2 Å². The first-order valence-electron chi connectivity index (χ1n) is 9.67. The molecule has 1 aliphatic heterocycles. The molecule has 2 fully saturated rings. The second kappa shape index (κ2) is 9.45. The second-order valence-electron chi connectivity index (χ2n) is 7.63. The van der Waals surface area contributed by atoms with Crippen LogP contribution < -0.4 is 21.1 Å². The lowest BCUT2D eigenvalue weighted by Gasteiger charge is -2.31. The fourth-order valence-electron chi connectivity index (χ4n) is 4.04. The van der Waals surface area contributed by atoms with Crippen LogP contribution in [0.4, 0.5) is 4.79 Å². The Hall–Kier alpha value is -2.32. The van der Waals surface area contributed by atoms with Gasteiger partial charge < -0.3 is 21.1 Å². The quantitative estimate of drug-likeness (QED) is 0.599. The molecular formula is C20H29ClN4O4. The number of nitrogens with two attached hydrogens (primary N) is 1. The van der Waals surface area contributed by atoms with Gasteiger partial charge in [0.1, 0.15) is 17.8 Å². The summed E-state index contributed by atoms with van der Waals surface area (Å²) in [4.78, 5) is 38.8. The van der Waals surface area contributed by atoms with Crippen LogP contribution in [0, 0.1) is 5.92 Å². The minimum atomic E-state index is -1.21. The molecule has 0 spiro atoms. The molecule has 1 heterocycles. The van der Waals surface area contributed by atoms with Crippen LogP contribution in [-0.4, -0.2) is 49.0 Å². The number of ether oxygens (including phenoxy) is 1. The Kier molecular flexibility index (Phi) is 7.48. The Balaban J connectivity index is 0.00000300. The second-order valence-corrected chi connectivity index (χ2v) is 7.63. The Labute approximate surface area is 176 Å². The number of rotatable bonds is 6.